The molecule has 0 amide bonds. The van der Waals surface area contributed by atoms with Crippen LogP contribution in [0.2, 0.25) is 0 Å². The highest BCUT2D eigenvalue weighted by molar-refractivity contribution is 7.98. The summed E-state index contributed by atoms with van der Waals surface area (Å²) in [7, 11) is 0. The van der Waals surface area contributed by atoms with E-state index >= 15 is 0 Å². The Hall–Kier alpha value is -1.81. The minimum Gasteiger partial charge on any atom is -0.347 e. The van der Waals surface area contributed by atoms with E-state index in [0.717, 1.165) is 5.03 Å². The van der Waals surface area contributed by atoms with Gasteiger partial charge in [-0.15, -0.1) is 11.8 Å². The van der Waals surface area contributed by atoms with Crippen LogP contribution >= 0.6 is 11.8 Å². The van der Waals surface area contributed by atoms with Gasteiger partial charge in [-0.05, 0) is 18.4 Å². The van der Waals surface area contributed by atoms with Crippen LogP contribution in [0.5, 0.6) is 0 Å². The number of carbonyl (C=O) groups is 2. The van der Waals surface area contributed by atoms with Crippen molar-refractivity contribution in [1.29, 1.82) is 0 Å². The average Bonchev–Trinajstić information content (AvgIpc) is 2.94. The fraction of sp³-hybridized carbons (Fsp3) is 0.200. The van der Waals surface area contributed by atoms with Crippen molar-refractivity contribution in [3.8, 4) is 0 Å². The number of ketones is 2. The Labute approximate surface area is 116 Å². The van der Waals surface area contributed by atoms with Crippen LogP contribution in [-0.2, 0) is 0 Å². The van der Waals surface area contributed by atoms with Crippen molar-refractivity contribution in [1.82, 2.24) is 4.98 Å². The number of benzene rings is 1. The second-order valence-electron chi connectivity index (χ2n) is 4.12. The van der Waals surface area contributed by atoms with E-state index in [1.54, 1.807) is 42.1 Å². The number of hydrogen-bond donors (Lipinski definition) is 1. The summed E-state index contributed by atoms with van der Waals surface area (Å²) in [6, 6.07) is 10.5. The number of aromatic amines is 1. The molecule has 98 valence electrons. The third-order valence-electron chi connectivity index (χ3n) is 2.91. The lowest BCUT2D eigenvalue weighted by atomic mass is 10.0. The zero-order valence-corrected chi connectivity index (χ0v) is 11.7. The van der Waals surface area contributed by atoms with Gasteiger partial charge in [0, 0.05) is 17.5 Å². The quantitative estimate of drug-likeness (QED) is 0.669. The van der Waals surface area contributed by atoms with Crippen LogP contribution < -0.4 is 0 Å². The van der Waals surface area contributed by atoms with E-state index in [4.69, 9.17) is 0 Å². The number of H-pyrrole nitrogens is 1. The Kier molecular flexibility index (Phi) is 4.22. The summed E-state index contributed by atoms with van der Waals surface area (Å²) >= 11 is 1.56. The molecule has 1 aromatic heterocycles. The van der Waals surface area contributed by atoms with Crippen LogP contribution in [0.15, 0.2) is 41.4 Å². The average molecular weight is 273 g/mol. The molecule has 1 heterocycles. The fourth-order valence-corrected chi connectivity index (χ4v) is 2.21. The van der Waals surface area contributed by atoms with Gasteiger partial charge in [0.1, 0.15) is 0 Å². The number of carbonyl (C=O) groups excluding carboxylic acids is 2. The lowest BCUT2D eigenvalue weighted by Crippen LogP contribution is -2.03. The lowest BCUT2D eigenvalue weighted by molar-refractivity contribution is 0.0985. The van der Waals surface area contributed by atoms with Crippen molar-refractivity contribution in [3.63, 3.8) is 0 Å². The highest BCUT2D eigenvalue weighted by atomic mass is 32.2. The first kappa shape index (κ1) is 13.6. The molecule has 0 aliphatic rings. The summed E-state index contributed by atoms with van der Waals surface area (Å²) in [4.78, 5) is 26.8. The van der Waals surface area contributed by atoms with Gasteiger partial charge in [-0.1, -0.05) is 31.2 Å². The van der Waals surface area contributed by atoms with Gasteiger partial charge >= 0.3 is 0 Å². The third-order valence-corrected chi connectivity index (χ3v) is 3.59. The summed E-state index contributed by atoms with van der Waals surface area (Å²) in [6.45, 7) is 1.82. The van der Waals surface area contributed by atoms with Crippen LogP contribution in [0, 0.1) is 0 Å². The lowest BCUT2D eigenvalue weighted by Gasteiger charge is -2.01. The zero-order chi connectivity index (χ0) is 13.8. The minimum absolute atomic E-state index is 0.0594. The van der Waals surface area contributed by atoms with Crippen LogP contribution in [0.1, 0.15) is 39.8 Å². The van der Waals surface area contributed by atoms with Crippen LogP contribution in [-0.4, -0.2) is 22.8 Å². The molecular weight excluding hydrogens is 258 g/mol. The van der Waals surface area contributed by atoms with Crippen molar-refractivity contribution in [2.75, 3.05) is 6.26 Å². The van der Waals surface area contributed by atoms with E-state index in [9.17, 15) is 9.59 Å². The van der Waals surface area contributed by atoms with Gasteiger partial charge in [0.25, 0.3) is 0 Å². The highest BCUT2D eigenvalue weighted by Gasteiger charge is 2.12. The van der Waals surface area contributed by atoms with E-state index < -0.39 is 0 Å². The Bertz CT molecular complexity index is 599. The predicted octanol–water partition coefficient (Wildman–Crippen LogP) is 3.56. The second-order valence-corrected chi connectivity index (χ2v) is 4.97. The van der Waals surface area contributed by atoms with Gasteiger partial charge < -0.3 is 4.98 Å². The van der Waals surface area contributed by atoms with Gasteiger partial charge in [0.15, 0.2) is 5.78 Å². The first-order valence-electron chi connectivity index (χ1n) is 6.06. The van der Waals surface area contributed by atoms with Crippen molar-refractivity contribution in [2.24, 2.45) is 0 Å². The molecule has 0 spiro atoms. The molecule has 0 radical (unpaired) electrons. The van der Waals surface area contributed by atoms with Gasteiger partial charge in [0.2, 0.25) is 5.78 Å². The summed E-state index contributed by atoms with van der Waals surface area (Å²) in [5.74, 6) is 0.0272. The summed E-state index contributed by atoms with van der Waals surface area (Å²) < 4.78 is 0. The molecule has 0 aliphatic heterocycles. The van der Waals surface area contributed by atoms with Gasteiger partial charge in [0.05, 0.1) is 10.7 Å². The van der Waals surface area contributed by atoms with Gasteiger partial charge in [-0.3, -0.25) is 9.59 Å². The second kappa shape index (κ2) is 5.89. The van der Waals surface area contributed by atoms with Crippen molar-refractivity contribution >= 4 is 23.3 Å². The molecule has 0 fully saturated rings. The van der Waals surface area contributed by atoms with E-state index in [2.05, 4.69) is 4.98 Å². The molecule has 4 heteroatoms. The topological polar surface area (TPSA) is 49.9 Å². The van der Waals surface area contributed by atoms with E-state index in [-0.39, 0.29) is 11.6 Å². The standard InChI is InChI=1S/C15H15NO2S/c1-3-13(17)10-4-6-11(7-5-10)15(18)12-8-9-14(16-12)19-2/h4-9,16H,3H2,1-2H3. The summed E-state index contributed by atoms with van der Waals surface area (Å²) in [5.41, 5.74) is 1.80. The van der Waals surface area contributed by atoms with E-state index in [1.807, 2.05) is 19.2 Å². The van der Waals surface area contributed by atoms with Gasteiger partial charge in [-0.2, -0.15) is 0 Å². The Balaban J connectivity index is 2.22. The third kappa shape index (κ3) is 2.96. The Morgan fingerprint density at radius 2 is 1.68 bits per heavy atom. The SMILES string of the molecule is CCC(=O)c1ccc(C(=O)c2ccc(SC)[nH]2)cc1. The molecule has 19 heavy (non-hydrogen) atoms. The Morgan fingerprint density at radius 1 is 1.05 bits per heavy atom. The van der Waals surface area contributed by atoms with Crippen molar-refractivity contribution in [2.45, 2.75) is 18.4 Å². The maximum Gasteiger partial charge on any atom is 0.209 e. The molecule has 3 nitrogen and oxygen atoms in total. The molecular formula is C15H15NO2S. The largest absolute Gasteiger partial charge is 0.347 e. The predicted molar refractivity (Wildman–Crippen MR) is 77.1 cm³/mol. The first-order valence-corrected chi connectivity index (χ1v) is 7.29. The van der Waals surface area contributed by atoms with Crippen LogP contribution in [0.3, 0.4) is 0 Å². The molecule has 2 rings (SSSR count). The summed E-state index contributed by atoms with van der Waals surface area (Å²) in [6.07, 6.45) is 2.42. The van der Waals surface area contributed by atoms with Crippen molar-refractivity contribution in [3.05, 3.63) is 53.2 Å². The zero-order valence-electron chi connectivity index (χ0n) is 10.9. The monoisotopic (exact) mass is 273 g/mol. The number of rotatable bonds is 5. The first-order chi connectivity index (χ1) is 9.15. The molecule has 0 saturated carbocycles. The number of hydrogen-bond acceptors (Lipinski definition) is 3. The maximum atomic E-state index is 12.2. The van der Waals surface area contributed by atoms with Gasteiger partial charge in [-0.25, -0.2) is 0 Å². The number of thioether (sulfide) groups is 1. The molecule has 0 atom stereocenters. The molecule has 1 N–H and O–H groups in total. The highest BCUT2D eigenvalue weighted by Crippen LogP contribution is 2.16. The fourth-order valence-electron chi connectivity index (χ4n) is 1.79. The molecule has 2 aromatic rings. The minimum atomic E-state index is -0.0594. The van der Waals surface area contributed by atoms with Crippen LogP contribution in [0.25, 0.3) is 0 Å². The number of Topliss-reactive ketones (excluding diaryl/α,β-unsaturated/α-hetero) is 1. The van der Waals surface area contributed by atoms with Crippen molar-refractivity contribution < 1.29 is 9.59 Å². The van der Waals surface area contributed by atoms with Crippen LogP contribution in [0.4, 0.5) is 0 Å². The molecule has 0 saturated heterocycles. The number of nitrogens with one attached hydrogen (secondary N) is 1. The molecule has 0 bridgehead atoms. The van der Waals surface area contributed by atoms with E-state index in [0.29, 0.717) is 23.2 Å². The Morgan fingerprint density at radius 3 is 2.21 bits per heavy atom. The van der Waals surface area contributed by atoms with E-state index in [1.165, 1.54) is 0 Å². The summed E-state index contributed by atoms with van der Waals surface area (Å²) in [5, 5.41) is 0.959. The molecule has 0 unspecified atom stereocenters. The number of aromatic nitrogens is 1. The maximum absolute atomic E-state index is 12.2. The normalized spacial score (nSPS) is 10.4. The smallest absolute Gasteiger partial charge is 0.209 e. The molecule has 0 aliphatic carbocycles. The molecule has 1 aromatic carbocycles.